The summed E-state index contributed by atoms with van der Waals surface area (Å²) in [7, 11) is 1.67. The maximum absolute atomic E-state index is 5.89. The second kappa shape index (κ2) is 8.05. The minimum atomic E-state index is 0.558. The van der Waals surface area contributed by atoms with Crippen molar-refractivity contribution in [2.45, 2.75) is 32.0 Å². The molecule has 0 aliphatic carbocycles. The van der Waals surface area contributed by atoms with Crippen molar-refractivity contribution in [1.29, 1.82) is 0 Å². The van der Waals surface area contributed by atoms with Crippen molar-refractivity contribution in [3.05, 3.63) is 22.2 Å². The predicted octanol–water partition coefficient (Wildman–Crippen LogP) is 5.17. The van der Waals surface area contributed by atoms with Crippen molar-refractivity contribution in [1.82, 2.24) is 0 Å². The quantitative estimate of drug-likeness (QED) is 0.608. The summed E-state index contributed by atoms with van der Waals surface area (Å²) < 4.78 is 12.2. The second-order valence-electron chi connectivity index (χ2n) is 4.45. The fourth-order valence-electron chi connectivity index (χ4n) is 1.79. The number of ether oxygens (including phenoxy) is 2. The summed E-state index contributed by atoms with van der Waals surface area (Å²) >= 11 is 6.99. The summed E-state index contributed by atoms with van der Waals surface area (Å²) in [5.74, 6) is 2.13. The van der Waals surface area contributed by atoms with Crippen molar-refractivity contribution in [3.63, 3.8) is 0 Å². The van der Waals surface area contributed by atoms with Gasteiger partial charge in [-0.3, -0.25) is 0 Å². The van der Waals surface area contributed by atoms with Crippen LogP contribution in [0.3, 0.4) is 0 Å². The van der Waals surface area contributed by atoms with Crippen molar-refractivity contribution in [2.24, 2.45) is 5.92 Å². The van der Waals surface area contributed by atoms with Crippen LogP contribution in [-0.2, 0) is 5.33 Å². The van der Waals surface area contributed by atoms with Crippen molar-refractivity contribution in [2.75, 3.05) is 13.7 Å². The fraction of sp³-hybridized carbons (Fsp3) is 0.571. The summed E-state index contributed by atoms with van der Waals surface area (Å²) in [4.78, 5) is 0. The van der Waals surface area contributed by atoms with Crippen LogP contribution in [0.4, 0.5) is 0 Å². The van der Waals surface area contributed by atoms with Crippen LogP contribution in [0.25, 0.3) is 0 Å². The smallest absolute Gasteiger partial charge is 0.175 e. The van der Waals surface area contributed by atoms with Gasteiger partial charge in [0.05, 0.1) is 18.2 Å². The Morgan fingerprint density at radius 2 is 2.06 bits per heavy atom. The fourth-order valence-corrected chi connectivity index (χ4v) is 2.72. The summed E-state index contributed by atoms with van der Waals surface area (Å²) in [6, 6.07) is 4.05. The first-order chi connectivity index (χ1) is 8.62. The van der Waals surface area contributed by atoms with Crippen molar-refractivity contribution < 1.29 is 9.47 Å². The number of alkyl halides is 1. The second-order valence-corrected chi connectivity index (χ2v) is 5.86. The topological polar surface area (TPSA) is 18.5 Å². The average Bonchev–Trinajstić information content (AvgIpc) is 2.36. The van der Waals surface area contributed by atoms with E-state index in [4.69, 9.17) is 9.47 Å². The molecule has 0 amide bonds. The maximum Gasteiger partial charge on any atom is 0.175 e. The van der Waals surface area contributed by atoms with Gasteiger partial charge >= 0.3 is 0 Å². The van der Waals surface area contributed by atoms with E-state index in [0.717, 1.165) is 33.5 Å². The Kier molecular flexibility index (Phi) is 7.08. The minimum absolute atomic E-state index is 0.558. The van der Waals surface area contributed by atoms with Crippen LogP contribution in [0.5, 0.6) is 11.5 Å². The molecule has 1 unspecified atom stereocenters. The molecule has 1 atom stereocenters. The molecule has 1 rings (SSSR count). The molecule has 1 aromatic rings. The van der Waals surface area contributed by atoms with E-state index in [-0.39, 0.29) is 0 Å². The zero-order chi connectivity index (χ0) is 13.5. The van der Waals surface area contributed by atoms with Gasteiger partial charge in [-0.25, -0.2) is 0 Å². The maximum atomic E-state index is 5.89. The average molecular weight is 380 g/mol. The molecule has 1 aromatic carbocycles. The van der Waals surface area contributed by atoms with Crippen LogP contribution in [0.1, 0.15) is 32.3 Å². The van der Waals surface area contributed by atoms with Crippen LogP contribution >= 0.6 is 31.9 Å². The molecule has 0 N–H and O–H groups in total. The molecule has 0 aliphatic rings. The number of benzene rings is 1. The number of hydrogen-bond acceptors (Lipinski definition) is 2. The van der Waals surface area contributed by atoms with Gasteiger partial charge in [-0.2, -0.15) is 0 Å². The monoisotopic (exact) mass is 378 g/mol. The van der Waals surface area contributed by atoms with E-state index in [2.05, 4.69) is 51.8 Å². The molecule has 0 saturated heterocycles. The first-order valence-electron chi connectivity index (χ1n) is 6.17. The lowest BCUT2D eigenvalue weighted by atomic mass is 10.1. The normalized spacial score (nSPS) is 12.3. The van der Waals surface area contributed by atoms with Gasteiger partial charge in [0.25, 0.3) is 0 Å². The molecular weight excluding hydrogens is 360 g/mol. The van der Waals surface area contributed by atoms with E-state index in [0.29, 0.717) is 5.92 Å². The molecular formula is C14H20Br2O2. The van der Waals surface area contributed by atoms with Crippen molar-refractivity contribution in [3.8, 4) is 11.5 Å². The first-order valence-corrected chi connectivity index (χ1v) is 8.09. The minimum Gasteiger partial charge on any atom is -0.493 e. The molecule has 2 nitrogen and oxygen atoms in total. The number of rotatable bonds is 7. The van der Waals surface area contributed by atoms with Gasteiger partial charge in [0.2, 0.25) is 0 Å². The van der Waals surface area contributed by atoms with Gasteiger partial charge in [0, 0.05) is 5.33 Å². The number of halogens is 2. The Balaban J connectivity index is 2.81. The Labute approximate surface area is 126 Å². The Hall–Kier alpha value is -0.220. The van der Waals surface area contributed by atoms with Crippen LogP contribution in [0.15, 0.2) is 16.6 Å². The highest BCUT2D eigenvalue weighted by atomic mass is 79.9. The molecule has 0 heterocycles. The lowest BCUT2D eigenvalue weighted by Gasteiger charge is -2.16. The van der Waals surface area contributed by atoms with Crippen LogP contribution < -0.4 is 9.47 Å². The molecule has 4 heteroatoms. The highest BCUT2D eigenvalue weighted by Gasteiger charge is 2.12. The van der Waals surface area contributed by atoms with E-state index >= 15 is 0 Å². The molecule has 0 aromatic heterocycles. The van der Waals surface area contributed by atoms with E-state index < -0.39 is 0 Å². The van der Waals surface area contributed by atoms with E-state index in [1.165, 1.54) is 12.8 Å². The van der Waals surface area contributed by atoms with Crippen molar-refractivity contribution >= 4 is 31.9 Å². The van der Waals surface area contributed by atoms with E-state index in [1.807, 2.05) is 6.07 Å². The highest BCUT2D eigenvalue weighted by Crippen LogP contribution is 2.37. The molecule has 0 spiro atoms. The molecule has 0 saturated carbocycles. The van der Waals surface area contributed by atoms with Gasteiger partial charge in [-0.15, -0.1) is 0 Å². The predicted molar refractivity (Wildman–Crippen MR) is 82.9 cm³/mol. The Bertz CT molecular complexity index is 380. The van der Waals surface area contributed by atoms with Crippen LogP contribution in [0, 0.1) is 5.92 Å². The van der Waals surface area contributed by atoms with Crippen LogP contribution in [-0.4, -0.2) is 13.7 Å². The largest absolute Gasteiger partial charge is 0.493 e. The van der Waals surface area contributed by atoms with Gasteiger partial charge in [0.1, 0.15) is 0 Å². The zero-order valence-corrected chi connectivity index (χ0v) is 14.3. The Morgan fingerprint density at radius 1 is 1.33 bits per heavy atom. The lowest BCUT2D eigenvalue weighted by molar-refractivity contribution is 0.239. The van der Waals surface area contributed by atoms with Gasteiger partial charge < -0.3 is 9.47 Å². The lowest BCUT2D eigenvalue weighted by Crippen LogP contribution is -2.09. The third kappa shape index (κ3) is 4.47. The summed E-state index contributed by atoms with van der Waals surface area (Å²) in [5.41, 5.74) is 1.16. The highest BCUT2D eigenvalue weighted by molar-refractivity contribution is 9.10. The summed E-state index contributed by atoms with van der Waals surface area (Å²) in [5, 5.41) is 0.800. The van der Waals surface area contributed by atoms with Gasteiger partial charge in [0.15, 0.2) is 11.5 Å². The molecule has 0 aliphatic heterocycles. The Morgan fingerprint density at radius 3 is 2.61 bits per heavy atom. The molecule has 0 fully saturated rings. The number of methoxy groups -OCH3 is 1. The molecule has 102 valence electrons. The first kappa shape index (κ1) is 15.8. The zero-order valence-electron chi connectivity index (χ0n) is 11.1. The van der Waals surface area contributed by atoms with E-state index in [1.54, 1.807) is 7.11 Å². The van der Waals surface area contributed by atoms with Gasteiger partial charge in [-0.05, 0) is 46.0 Å². The molecule has 0 radical (unpaired) electrons. The number of hydrogen-bond donors (Lipinski definition) is 0. The van der Waals surface area contributed by atoms with E-state index in [9.17, 15) is 0 Å². The third-order valence-corrected chi connectivity index (χ3v) is 3.97. The summed E-state index contributed by atoms with van der Waals surface area (Å²) in [6.45, 7) is 5.12. The third-order valence-electron chi connectivity index (χ3n) is 2.74. The SMILES string of the molecule is CCCC(C)COc1c(Br)cc(CBr)cc1OC. The molecule has 0 bridgehead atoms. The van der Waals surface area contributed by atoms with Crippen LogP contribution in [0.2, 0.25) is 0 Å². The molecule has 18 heavy (non-hydrogen) atoms. The standard InChI is InChI=1S/C14H20Br2O2/c1-4-5-10(2)9-18-14-12(16)6-11(8-15)7-13(14)17-3/h6-7,10H,4-5,8-9H2,1-3H3. The van der Waals surface area contributed by atoms with Gasteiger partial charge in [-0.1, -0.05) is 36.2 Å². The summed E-state index contributed by atoms with van der Waals surface area (Å²) in [6.07, 6.45) is 2.37.